The third kappa shape index (κ3) is 2.86. The van der Waals surface area contributed by atoms with Crippen molar-refractivity contribution < 1.29 is 4.39 Å². The molecule has 1 aromatic carbocycles. The molecule has 0 aliphatic carbocycles. The highest BCUT2D eigenvalue weighted by molar-refractivity contribution is 7.80. The number of benzene rings is 1. The van der Waals surface area contributed by atoms with E-state index < -0.39 is 0 Å². The maximum atomic E-state index is 13.2. The molecule has 0 saturated carbocycles. The Labute approximate surface area is 115 Å². The van der Waals surface area contributed by atoms with Gasteiger partial charge in [0.2, 0.25) is 0 Å². The first-order valence-corrected chi connectivity index (χ1v) is 6.74. The highest BCUT2D eigenvalue weighted by Crippen LogP contribution is 2.22. The number of anilines is 1. The summed E-state index contributed by atoms with van der Waals surface area (Å²) in [7, 11) is 1.94. The average Bonchev–Trinajstić information content (AvgIpc) is 2.81. The number of nitrogens with two attached hydrogens (primary N) is 1. The van der Waals surface area contributed by atoms with Gasteiger partial charge in [-0.05, 0) is 40.6 Å². The second-order valence-corrected chi connectivity index (χ2v) is 5.23. The lowest BCUT2D eigenvalue weighted by Gasteiger charge is -2.21. The Morgan fingerprint density at radius 3 is 2.83 bits per heavy atom. The molecule has 0 spiro atoms. The van der Waals surface area contributed by atoms with E-state index in [0.29, 0.717) is 5.56 Å². The molecular weight excluding hydrogens is 267 g/mol. The Bertz CT molecular complexity index is 552. The first kappa shape index (κ1) is 13.0. The van der Waals surface area contributed by atoms with Gasteiger partial charge in [-0.2, -0.15) is 11.3 Å². The van der Waals surface area contributed by atoms with E-state index in [1.165, 1.54) is 17.7 Å². The molecule has 0 saturated heterocycles. The van der Waals surface area contributed by atoms with Crippen molar-refractivity contribution in [1.29, 1.82) is 0 Å². The van der Waals surface area contributed by atoms with Gasteiger partial charge in [0, 0.05) is 24.8 Å². The van der Waals surface area contributed by atoms with E-state index in [4.69, 9.17) is 18.0 Å². The molecule has 2 nitrogen and oxygen atoms in total. The van der Waals surface area contributed by atoms with Crippen LogP contribution in [0.15, 0.2) is 35.0 Å². The van der Waals surface area contributed by atoms with E-state index in [-0.39, 0.29) is 10.8 Å². The molecule has 0 fully saturated rings. The van der Waals surface area contributed by atoms with Gasteiger partial charge in [0.1, 0.15) is 10.8 Å². The van der Waals surface area contributed by atoms with Crippen molar-refractivity contribution in [1.82, 2.24) is 0 Å². The smallest absolute Gasteiger partial charge is 0.124 e. The molecule has 94 valence electrons. The van der Waals surface area contributed by atoms with E-state index in [1.54, 1.807) is 17.4 Å². The Morgan fingerprint density at radius 1 is 1.44 bits per heavy atom. The molecule has 1 heterocycles. The van der Waals surface area contributed by atoms with Crippen molar-refractivity contribution in [2.75, 3.05) is 11.9 Å². The molecule has 0 atom stereocenters. The largest absolute Gasteiger partial charge is 0.389 e. The minimum Gasteiger partial charge on any atom is -0.389 e. The summed E-state index contributed by atoms with van der Waals surface area (Å²) in [6.45, 7) is 0.741. The molecule has 0 amide bonds. The van der Waals surface area contributed by atoms with Crippen molar-refractivity contribution in [3.05, 3.63) is 52.0 Å². The number of halogens is 1. The van der Waals surface area contributed by atoms with Crippen LogP contribution in [-0.2, 0) is 6.54 Å². The maximum Gasteiger partial charge on any atom is 0.124 e. The fraction of sp³-hybridized carbons (Fsp3) is 0.154. The molecule has 18 heavy (non-hydrogen) atoms. The van der Waals surface area contributed by atoms with Crippen LogP contribution in [0.25, 0.3) is 0 Å². The van der Waals surface area contributed by atoms with Crippen LogP contribution in [0.1, 0.15) is 11.1 Å². The van der Waals surface area contributed by atoms with Crippen LogP contribution in [0, 0.1) is 5.82 Å². The third-order valence-corrected chi connectivity index (χ3v) is 3.59. The molecule has 2 aromatic rings. The molecule has 1 aromatic heterocycles. The summed E-state index contributed by atoms with van der Waals surface area (Å²) < 4.78 is 13.2. The van der Waals surface area contributed by atoms with E-state index in [2.05, 4.69) is 11.4 Å². The normalized spacial score (nSPS) is 10.3. The number of thiocarbonyl (C=S) groups is 1. The maximum absolute atomic E-state index is 13.2. The van der Waals surface area contributed by atoms with Gasteiger partial charge in [-0.25, -0.2) is 4.39 Å². The summed E-state index contributed by atoms with van der Waals surface area (Å²) >= 11 is 6.62. The zero-order valence-corrected chi connectivity index (χ0v) is 11.5. The zero-order valence-electron chi connectivity index (χ0n) is 9.89. The van der Waals surface area contributed by atoms with Gasteiger partial charge in [0.25, 0.3) is 0 Å². The predicted octanol–water partition coefficient (Wildman–Crippen LogP) is 3.16. The third-order valence-electron chi connectivity index (χ3n) is 2.64. The Balaban J connectivity index is 2.29. The second-order valence-electron chi connectivity index (χ2n) is 4.01. The zero-order chi connectivity index (χ0) is 13.1. The van der Waals surface area contributed by atoms with E-state index in [1.807, 2.05) is 17.3 Å². The van der Waals surface area contributed by atoms with Crippen molar-refractivity contribution in [3.63, 3.8) is 0 Å². The van der Waals surface area contributed by atoms with Gasteiger partial charge in [-0.3, -0.25) is 0 Å². The van der Waals surface area contributed by atoms with E-state index in [9.17, 15) is 4.39 Å². The fourth-order valence-corrected chi connectivity index (χ4v) is 2.60. The number of rotatable bonds is 4. The van der Waals surface area contributed by atoms with Crippen LogP contribution >= 0.6 is 23.6 Å². The monoisotopic (exact) mass is 280 g/mol. The van der Waals surface area contributed by atoms with Crippen molar-refractivity contribution in [2.45, 2.75) is 6.54 Å². The number of hydrogen-bond acceptors (Lipinski definition) is 3. The summed E-state index contributed by atoms with van der Waals surface area (Å²) in [5.74, 6) is -0.328. The van der Waals surface area contributed by atoms with Crippen LogP contribution < -0.4 is 10.6 Å². The molecule has 2 N–H and O–H groups in total. The first-order chi connectivity index (χ1) is 8.58. The van der Waals surface area contributed by atoms with Gasteiger partial charge < -0.3 is 10.6 Å². The van der Waals surface area contributed by atoms with Gasteiger partial charge >= 0.3 is 0 Å². The fourth-order valence-electron chi connectivity index (χ4n) is 1.78. The van der Waals surface area contributed by atoms with Crippen LogP contribution in [0.3, 0.4) is 0 Å². The predicted molar refractivity (Wildman–Crippen MR) is 78.7 cm³/mol. The number of hydrogen-bond donors (Lipinski definition) is 1. The Morgan fingerprint density at radius 2 is 2.22 bits per heavy atom. The average molecular weight is 280 g/mol. The molecule has 0 radical (unpaired) electrons. The molecule has 0 unspecified atom stereocenters. The summed E-state index contributed by atoms with van der Waals surface area (Å²) in [5.41, 5.74) is 8.26. The number of nitrogens with zero attached hydrogens (tertiary/aromatic N) is 1. The molecule has 2 rings (SSSR count). The topological polar surface area (TPSA) is 29.3 Å². The summed E-state index contributed by atoms with van der Waals surface area (Å²) in [6.07, 6.45) is 0. The van der Waals surface area contributed by atoms with Crippen LogP contribution in [-0.4, -0.2) is 12.0 Å². The SMILES string of the molecule is CN(Cc1ccsc1)c1ccc(F)cc1C(N)=S. The summed E-state index contributed by atoms with van der Waals surface area (Å²) in [5, 5.41) is 4.11. The van der Waals surface area contributed by atoms with Crippen LogP contribution in [0.2, 0.25) is 0 Å². The standard InChI is InChI=1S/C13H13FN2S2/c1-16(7-9-4-5-18-8-9)12-3-2-10(14)6-11(12)13(15)17/h2-6,8H,7H2,1H3,(H2,15,17). The van der Waals surface area contributed by atoms with Crippen LogP contribution in [0.4, 0.5) is 10.1 Å². The van der Waals surface area contributed by atoms with Gasteiger partial charge in [-0.15, -0.1) is 0 Å². The van der Waals surface area contributed by atoms with Gasteiger partial charge in [0.05, 0.1) is 0 Å². The Kier molecular flexibility index (Phi) is 3.93. The molecule has 0 bridgehead atoms. The quantitative estimate of drug-likeness (QED) is 0.872. The highest BCUT2D eigenvalue weighted by Gasteiger charge is 2.11. The Hall–Kier alpha value is -1.46. The highest BCUT2D eigenvalue weighted by atomic mass is 32.1. The lowest BCUT2D eigenvalue weighted by molar-refractivity contribution is 0.627. The number of thiophene rings is 1. The van der Waals surface area contributed by atoms with Crippen molar-refractivity contribution in [3.8, 4) is 0 Å². The molecule has 5 heteroatoms. The first-order valence-electron chi connectivity index (χ1n) is 5.39. The van der Waals surface area contributed by atoms with Crippen molar-refractivity contribution in [2.24, 2.45) is 5.73 Å². The second kappa shape index (κ2) is 5.46. The van der Waals surface area contributed by atoms with E-state index in [0.717, 1.165) is 12.2 Å². The molecule has 0 aliphatic heterocycles. The summed E-state index contributed by atoms with van der Waals surface area (Å²) in [4.78, 5) is 2.22. The lowest BCUT2D eigenvalue weighted by atomic mass is 10.1. The minimum atomic E-state index is -0.328. The van der Waals surface area contributed by atoms with Crippen molar-refractivity contribution >= 4 is 34.2 Å². The van der Waals surface area contributed by atoms with Gasteiger partial charge in [0.15, 0.2) is 0 Å². The van der Waals surface area contributed by atoms with E-state index >= 15 is 0 Å². The van der Waals surface area contributed by atoms with Crippen LogP contribution in [0.5, 0.6) is 0 Å². The molecular formula is C13H13FN2S2. The molecule has 0 aliphatic rings. The van der Waals surface area contributed by atoms with Gasteiger partial charge in [-0.1, -0.05) is 12.2 Å². The lowest BCUT2D eigenvalue weighted by Crippen LogP contribution is -2.21. The summed E-state index contributed by atoms with van der Waals surface area (Å²) in [6, 6.07) is 6.56. The minimum absolute atomic E-state index is 0.210.